The standard InChI is InChI=1S/C17H24N4/c1-17(2,3)21-9-7-20(8-10-21)16-14(12-18)11-13-5-4-6-15(13)19-16/h11H,4-10H2,1-3H3. The van der Waals surface area contributed by atoms with Crippen LogP contribution in [0.25, 0.3) is 0 Å². The summed E-state index contributed by atoms with van der Waals surface area (Å²) in [5.74, 6) is 0.909. The van der Waals surface area contributed by atoms with Gasteiger partial charge in [0.2, 0.25) is 0 Å². The summed E-state index contributed by atoms with van der Waals surface area (Å²) in [4.78, 5) is 9.61. The summed E-state index contributed by atoms with van der Waals surface area (Å²) in [6.07, 6.45) is 3.32. The Kier molecular flexibility index (Phi) is 3.62. The molecule has 0 aromatic carbocycles. The highest BCUT2D eigenvalue weighted by atomic mass is 15.3. The van der Waals surface area contributed by atoms with Gasteiger partial charge in [-0.1, -0.05) is 0 Å². The first kappa shape index (κ1) is 14.3. The van der Waals surface area contributed by atoms with E-state index in [0.29, 0.717) is 0 Å². The van der Waals surface area contributed by atoms with Crippen LogP contribution in [0.1, 0.15) is 44.0 Å². The second-order valence-electron chi connectivity index (χ2n) is 7.08. The summed E-state index contributed by atoms with van der Waals surface area (Å²) in [5.41, 5.74) is 3.46. The SMILES string of the molecule is CC(C)(C)N1CCN(c2nc3c(cc2C#N)CCC3)CC1. The minimum absolute atomic E-state index is 0.218. The van der Waals surface area contributed by atoms with Gasteiger partial charge >= 0.3 is 0 Å². The van der Waals surface area contributed by atoms with Crippen LogP contribution in [0.3, 0.4) is 0 Å². The van der Waals surface area contributed by atoms with Crippen LogP contribution < -0.4 is 4.90 Å². The van der Waals surface area contributed by atoms with Gasteiger partial charge in [0.05, 0.1) is 5.56 Å². The van der Waals surface area contributed by atoms with Gasteiger partial charge in [-0.25, -0.2) is 4.98 Å². The minimum atomic E-state index is 0.218. The van der Waals surface area contributed by atoms with Gasteiger partial charge in [-0.15, -0.1) is 0 Å². The Labute approximate surface area is 127 Å². The molecule has 0 unspecified atom stereocenters. The summed E-state index contributed by atoms with van der Waals surface area (Å²) in [7, 11) is 0. The number of aromatic nitrogens is 1. The average Bonchev–Trinajstić information content (AvgIpc) is 2.92. The molecule has 3 rings (SSSR count). The highest BCUT2D eigenvalue weighted by molar-refractivity contribution is 5.57. The molecule has 2 heterocycles. The second-order valence-corrected chi connectivity index (χ2v) is 7.08. The van der Waals surface area contributed by atoms with Gasteiger partial charge in [0.1, 0.15) is 11.9 Å². The predicted octanol–water partition coefficient (Wildman–Crippen LogP) is 2.36. The minimum Gasteiger partial charge on any atom is -0.353 e. The third-order valence-electron chi connectivity index (χ3n) is 4.68. The number of piperazine rings is 1. The van der Waals surface area contributed by atoms with Gasteiger partial charge in [-0.3, -0.25) is 4.90 Å². The van der Waals surface area contributed by atoms with Crippen molar-refractivity contribution in [1.82, 2.24) is 9.88 Å². The molecule has 0 amide bonds. The van der Waals surface area contributed by atoms with Crippen LogP contribution >= 0.6 is 0 Å². The number of hydrogen-bond donors (Lipinski definition) is 0. The number of hydrogen-bond acceptors (Lipinski definition) is 4. The van der Waals surface area contributed by atoms with Crippen molar-refractivity contribution >= 4 is 5.82 Å². The summed E-state index contributed by atoms with van der Waals surface area (Å²) < 4.78 is 0. The molecule has 1 aromatic heterocycles. The monoisotopic (exact) mass is 284 g/mol. The van der Waals surface area contributed by atoms with E-state index in [9.17, 15) is 5.26 Å². The summed E-state index contributed by atoms with van der Waals surface area (Å²) in [6.45, 7) is 10.8. The van der Waals surface area contributed by atoms with Gasteiger partial charge < -0.3 is 4.90 Å². The van der Waals surface area contributed by atoms with Crippen LogP contribution in [0, 0.1) is 11.3 Å². The third kappa shape index (κ3) is 2.75. The van der Waals surface area contributed by atoms with Gasteiger partial charge in [0.25, 0.3) is 0 Å². The molecule has 2 aliphatic rings. The maximum absolute atomic E-state index is 9.43. The average molecular weight is 284 g/mol. The highest BCUT2D eigenvalue weighted by Crippen LogP contribution is 2.28. The molecule has 1 fully saturated rings. The smallest absolute Gasteiger partial charge is 0.146 e. The first-order chi connectivity index (χ1) is 9.99. The number of aryl methyl sites for hydroxylation is 2. The van der Waals surface area contributed by atoms with E-state index in [0.717, 1.165) is 50.4 Å². The molecule has 21 heavy (non-hydrogen) atoms. The van der Waals surface area contributed by atoms with E-state index in [1.165, 1.54) is 17.7 Å². The highest BCUT2D eigenvalue weighted by Gasteiger charge is 2.28. The third-order valence-corrected chi connectivity index (χ3v) is 4.68. The molecule has 1 aliphatic carbocycles. The molecule has 112 valence electrons. The predicted molar refractivity (Wildman–Crippen MR) is 84.5 cm³/mol. The van der Waals surface area contributed by atoms with Crippen molar-refractivity contribution in [1.29, 1.82) is 5.26 Å². The summed E-state index contributed by atoms with van der Waals surface area (Å²) in [6, 6.07) is 4.42. The largest absolute Gasteiger partial charge is 0.353 e. The van der Waals surface area contributed by atoms with Gasteiger partial charge in [0, 0.05) is 37.4 Å². The normalized spacial score (nSPS) is 19.4. The van der Waals surface area contributed by atoms with Gasteiger partial charge in [-0.2, -0.15) is 5.26 Å². The molecule has 0 N–H and O–H groups in total. The Morgan fingerprint density at radius 2 is 1.86 bits per heavy atom. The first-order valence-electron chi connectivity index (χ1n) is 7.92. The van der Waals surface area contributed by atoms with Crippen molar-refractivity contribution in [3.05, 3.63) is 22.9 Å². The zero-order valence-electron chi connectivity index (χ0n) is 13.3. The maximum atomic E-state index is 9.43. The topological polar surface area (TPSA) is 43.2 Å². The van der Waals surface area contributed by atoms with Crippen LogP contribution in [0.4, 0.5) is 5.82 Å². The van der Waals surface area contributed by atoms with E-state index in [1.54, 1.807) is 0 Å². The molecule has 0 saturated carbocycles. The molecule has 4 nitrogen and oxygen atoms in total. The number of nitrogens with zero attached hydrogens (tertiary/aromatic N) is 4. The van der Waals surface area contributed by atoms with Crippen LogP contribution in [0.2, 0.25) is 0 Å². The molecule has 1 aromatic rings. The van der Waals surface area contributed by atoms with Gasteiger partial charge in [-0.05, 0) is 51.7 Å². The second kappa shape index (κ2) is 5.31. The molecular weight excluding hydrogens is 260 g/mol. The van der Waals surface area contributed by atoms with Gasteiger partial charge in [0.15, 0.2) is 0 Å². The fraction of sp³-hybridized carbons (Fsp3) is 0.647. The lowest BCUT2D eigenvalue weighted by Gasteiger charge is -2.42. The molecular formula is C17H24N4. The lowest BCUT2D eigenvalue weighted by Crippen LogP contribution is -2.53. The maximum Gasteiger partial charge on any atom is 0.146 e. The lowest BCUT2D eigenvalue weighted by atomic mass is 10.0. The Morgan fingerprint density at radius 3 is 2.48 bits per heavy atom. The fourth-order valence-electron chi connectivity index (χ4n) is 3.37. The molecule has 0 spiro atoms. The lowest BCUT2D eigenvalue weighted by molar-refractivity contribution is 0.128. The van der Waals surface area contributed by atoms with Crippen LogP contribution in [0.5, 0.6) is 0 Å². The van der Waals surface area contributed by atoms with Crippen molar-refractivity contribution in [2.45, 2.75) is 45.6 Å². The van der Waals surface area contributed by atoms with Crippen molar-refractivity contribution in [3.8, 4) is 6.07 Å². The number of pyridine rings is 1. The number of anilines is 1. The summed E-state index contributed by atoms with van der Waals surface area (Å²) in [5, 5.41) is 9.43. The van der Waals surface area contributed by atoms with Crippen molar-refractivity contribution in [2.75, 3.05) is 31.1 Å². The molecule has 0 bridgehead atoms. The number of rotatable bonds is 1. The zero-order valence-corrected chi connectivity index (χ0v) is 13.3. The van der Waals surface area contributed by atoms with Crippen molar-refractivity contribution in [3.63, 3.8) is 0 Å². The van der Waals surface area contributed by atoms with Crippen LogP contribution in [-0.2, 0) is 12.8 Å². The van der Waals surface area contributed by atoms with Crippen LogP contribution in [0.15, 0.2) is 6.07 Å². The molecule has 0 radical (unpaired) electrons. The van der Waals surface area contributed by atoms with Crippen LogP contribution in [-0.4, -0.2) is 41.6 Å². The van der Waals surface area contributed by atoms with E-state index < -0.39 is 0 Å². The molecule has 1 saturated heterocycles. The zero-order chi connectivity index (χ0) is 15.0. The Bertz CT molecular complexity index is 572. The molecule has 1 aliphatic heterocycles. The van der Waals surface area contributed by atoms with E-state index in [4.69, 9.17) is 4.98 Å². The number of nitriles is 1. The number of fused-ring (bicyclic) bond motifs is 1. The Hall–Kier alpha value is -1.60. The fourth-order valence-corrected chi connectivity index (χ4v) is 3.37. The van der Waals surface area contributed by atoms with E-state index in [2.05, 4.69) is 42.7 Å². The van der Waals surface area contributed by atoms with Crippen molar-refractivity contribution in [2.24, 2.45) is 0 Å². The van der Waals surface area contributed by atoms with E-state index >= 15 is 0 Å². The van der Waals surface area contributed by atoms with E-state index in [1.807, 2.05) is 0 Å². The quantitative estimate of drug-likeness (QED) is 0.794. The first-order valence-corrected chi connectivity index (χ1v) is 7.92. The van der Waals surface area contributed by atoms with Crippen molar-refractivity contribution < 1.29 is 0 Å². The molecule has 4 heteroatoms. The Balaban J connectivity index is 1.81. The summed E-state index contributed by atoms with van der Waals surface area (Å²) >= 11 is 0. The van der Waals surface area contributed by atoms with E-state index in [-0.39, 0.29) is 5.54 Å². The molecule has 0 atom stereocenters. The Morgan fingerprint density at radius 1 is 1.14 bits per heavy atom.